The van der Waals surface area contributed by atoms with Crippen molar-refractivity contribution in [2.45, 2.75) is 19.3 Å². The van der Waals surface area contributed by atoms with Crippen LogP contribution in [-0.2, 0) is 11.0 Å². The van der Waals surface area contributed by atoms with E-state index in [9.17, 15) is 13.2 Å². The molecule has 7 heteroatoms. The van der Waals surface area contributed by atoms with Gasteiger partial charge in [-0.05, 0) is 30.7 Å². The second-order valence-corrected chi connectivity index (χ2v) is 6.05. The van der Waals surface area contributed by atoms with Crippen LogP contribution in [0.15, 0.2) is 51.9 Å². The molecule has 0 aromatic heterocycles. The van der Waals surface area contributed by atoms with Crippen molar-refractivity contribution < 1.29 is 18.0 Å². The summed E-state index contributed by atoms with van der Waals surface area (Å²) in [5.74, 6) is 0.502. The predicted molar refractivity (Wildman–Crippen MR) is 83.8 cm³/mol. The number of nitrogens with zero attached hydrogens (tertiary/aromatic N) is 1. The molecule has 0 saturated heterocycles. The molecule has 1 aliphatic rings. The number of aryl methyl sites for hydroxylation is 1. The van der Waals surface area contributed by atoms with Crippen LogP contribution in [0.25, 0.3) is 0 Å². The molecule has 0 amide bonds. The average Bonchev–Trinajstić information content (AvgIpc) is 2.96. The Kier molecular flexibility index (Phi) is 4.16. The van der Waals surface area contributed by atoms with Crippen molar-refractivity contribution in [2.24, 2.45) is 4.99 Å². The molecule has 3 rings (SSSR count). The van der Waals surface area contributed by atoms with Gasteiger partial charge in [-0.3, -0.25) is 0 Å². The first-order chi connectivity index (χ1) is 10.8. The first kappa shape index (κ1) is 16.0. The molecule has 1 N–H and O–H groups in total. The van der Waals surface area contributed by atoms with Crippen molar-refractivity contribution in [2.75, 3.05) is 0 Å². The molecule has 0 aliphatic carbocycles. The van der Waals surface area contributed by atoms with Crippen LogP contribution in [0.5, 0.6) is 0 Å². The van der Waals surface area contributed by atoms with Gasteiger partial charge in [-0.25, -0.2) is 15.3 Å². The number of alkyl halides is 3. The highest BCUT2D eigenvalue weighted by atomic mass is 79.9. The van der Waals surface area contributed by atoms with Gasteiger partial charge in [-0.2, -0.15) is 13.2 Å². The Morgan fingerprint density at radius 1 is 1.17 bits per heavy atom. The number of hydroxylamine groups is 1. The van der Waals surface area contributed by atoms with Crippen molar-refractivity contribution >= 4 is 21.8 Å². The quantitative estimate of drug-likeness (QED) is 0.809. The third-order valence-electron chi connectivity index (χ3n) is 3.45. The van der Waals surface area contributed by atoms with Crippen LogP contribution < -0.4 is 5.48 Å². The van der Waals surface area contributed by atoms with Crippen LogP contribution in [0.3, 0.4) is 0 Å². The minimum absolute atomic E-state index is 0.322. The second-order valence-electron chi connectivity index (χ2n) is 5.14. The van der Waals surface area contributed by atoms with Crippen LogP contribution in [0.1, 0.15) is 28.5 Å². The van der Waals surface area contributed by atoms with E-state index in [-0.39, 0.29) is 0 Å². The van der Waals surface area contributed by atoms with Crippen molar-refractivity contribution in [3.8, 4) is 0 Å². The molecule has 2 aromatic carbocycles. The van der Waals surface area contributed by atoms with Gasteiger partial charge in [0, 0.05) is 15.6 Å². The Morgan fingerprint density at radius 2 is 1.91 bits per heavy atom. The Labute approximate surface area is 139 Å². The standard InChI is InChI=1S/C16H12BrF3N2O/c1-9-4-2-3-5-13(9)14-21-15(23-22-14)10-6-11(16(18,19)20)8-12(17)7-10/h2-8,15H,1H3,(H,21,22). The summed E-state index contributed by atoms with van der Waals surface area (Å²) < 4.78 is 39.1. The van der Waals surface area contributed by atoms with E-state index in [0.29, 0.717) is 15.9 Å². The summed E-state index contributed by atoms with van der Waals surface area (Å²) in [5.41, 5.74) is 4.11. The van der Waals surface area contributed by atoms with E-state index in [2.05, 4.69) is 26.4 Å². The molecule has 3 nitrogen and oxygen atoms in total. The van der Waals surface area contributed by atoms with E-state index >= 15 is 0 Å². The maximum Gasteiger partial charge on any atom is 0.416 e. The Morgan fingerprint density at radius 3 is 2.61 bits per heavy atom. The van der Waals surface area contributed by atoms with E-state index in [1.165, 1.54) is 0 Å². The summed E-state index contributed by atoms with van der Waals surface area (Å²) in [4.78, 5) is 9.69. The highest BCUT2D eigenvalue weighted by Crippen LogP contribution is 2.35. The molecule has 23 heavy (non-hydrogen) atoms. The summed E-state index contributed by atoms with van der Waals surface area (Å²) in [6, 6.07) is 11.2. The fraction of sp³-hybridized carbons (Fsp3) is 0.188. The largest absolute Gasteiger partial charge is 0.416 e. The number of hydrogen-bond acceptors (Lipinski definition) is 3. The van der Waals surface area contributed by atoms with Crippen LogP contribution in [-0.4, -0.2) is 5.84 Å². The Balaban J connectivity index is 1.95. The first-order valence-corrected chi connectivity index (χ1v) is 7.57. The zero-order valence-corrected chi connectivity index (χ0v) is 13.6. The van der Waals surface area contributed by atoms with Crippen molar-refractivity contribution in [3.63, 3.8) is 0 Å². The molecule has 1 aliphatic heterocycles. The van der Waals surface area contributed by atoms with Crippen molar-refractivity contribution in [3.05, 3.63) is 69.2 Å². The van der Waals surface area contributed by atoms with Crippen LogP contribution >= 0.6 is 15.9 Å². The van der Waals surface area contributed by atoms with Gasteiger partial charge in [0.1, 0.15) is 0 Å². The second kappa shape index (κ2) is 5.98. The van der Waals surface area contributed by atoms with Crippen LogP contribution in [0.2, 0.25) is 0 Å². The number of halogens is 4. The Hall–Kier alpha value is -1.86. The Bertz CT molecular complexity index is 774. The number of nitrogens with one attached hydrogen (secondary N) is 1. The lowest BCUT2D eigenvalue weighted by molar-refractivity contribution is -0.137. The van der Waals surface area contributed by atoms with Gasteiger partial charge in [0.05, 0.1) is 5.56 Å². The first-order valence-electron chi connectivity index (χ1n) is 6.78. The highest BCUT2D eigenvalue weighted by Gasteiger charge is 2.32. The maximum absolute atomic E-state index is 12.9. The molecule has 1 heterocycles. The minimum atomic E-state index is -4.42. The molecule has 2 aromatic rings. The zero-order chi connectivity index (χ0) is 16.6. The summed E-state index contributed by atoms with van der Waals surface area (Å²) in [6.07, 6.45) is -5.25. The highest BCUT2D eigenvalue weighted by molar-refractivity contribution is 9.10. The monoisotopic (exact) mass is 384 g/mol. The number of amidine groups is 1. The number of rotatable bonds is 2. The fourth-order valence-electron chi connectivity index (χ4n) is 2.31. The van der Waals surface area contributed by atoms with Crippen molar-refractivity contribution in [1.29, 1.82) is 0 Å². The van der Waals surface area contributed by atoms with E-state index in [1.54, 1.807) is 6.07 Å². The molecule has 0 saturated carbocycles. The summed E-state index contributed by atoms with van der Waals surface area (Å²) in [6.45, 7) is 1.92. The summed E-state index contributed by atoms with van der Waals surface area (Å²) in [5, 5.41) is 0. The summed E-state index contributed by atoms with van der Waals surface area (Å²) >= 11 is 3.10. The third kappa shape index (κ3) is 3.40. The van der Waals surface area contributed by atoms with E-state index in [0.717, 1.165) is 23.3 Å². The lowest BCUT2D eigenvalue weighted by atomic mass is 10.1. The minimum Gasteiger partial charge on any atom is -0.246 e. The molecular weight excluding hydrogens is 373 g/mol. The van der Waals surface area contributed by atoms with E-state index in [4.69, 9.17) is 4.84 Å². The van der Waals surface area contributed by atoms with Gasteiger partial charge in [-0.1, -0.05) is 40.2 Å². The smallest absolute Gasteiger partial charge is 0.246 e. The molecule has 0 fully saturated rings. The summed E-state index contributed by atoms with van der Waals surface area (Å²) in [7, 11) is 0. The number of aliphatic imine (C=N–C) groups is 1. The molecule has 1 unspecified atom stereocenters. The van der Waals surface area contributed by atoms with Gasteiger partial charge < -0.3 is 0 Å². The van der Waals surface area contributed by atoms with E-state index in [1.807, 2.05) is 31.2 Å². The molecule has 0 spiro atoms. The lowest BCUT2D eigenvalue weighted by Gasteiger charge is -2.12. The zero-order valence-electron chi connectivity index (χ0n) is 12.0. The molecule has 1 atom stereocenters. The predicted octanol–water partition coefficient (Wildman–Crippen LogP) is 4.76. The van der Waals surface area contributed by atoms with E-state index < -0.39 is 18.0 Å². The lowest BCUT2D eigenvalue weighted by Crippen LogP contribution is -2.19. The molecular formula is C16H12BrF3N2O. The maximum atomic E-state index is 12.9. The normalized spacial score (nSPS) is 17.8. The SMILES string of the molecule is Cc1ccccc1C1=NC(c2cc(Br)cc(C(F)(F)F)c2)ON1. The third-order valence-corrected chi connectivity index (χ3v) is 3.90. The van der Waals surface area contributed by atoms with Crippen LogP contribution in [0, 0.1) is 6.92 Å². The van der Waals surface area contributed by atoms with Gasteiger partial charge in [0.2, 0.25) is 6.23 Å². The molecule has 120 valence electrons. The topological polar surface area (TPSA) is 33.6 Å². The van der Waals surface area contributed by atoms with Gasteiger partial charge in [0.15, 0.2) is 5.84 Å². The molecule has 0 radical (unpaired) electrons. The molecule has 0 bridgehead atoms. The van der Waals surface area contributed by atoms with Gasteiger partial charge >= 0.3 is 6.18 Å². The number of benzene rings is 2. The fourth-order valence-corrected chi connectivity index (χ4v) is 2.82. The van der Waals surface area contributed by atoms with Crippen LogP contribution in [0.4, 0.5) is 13.2 Å². The number of hydrogen-bond donors (Lipinski definition) is 1. The van der Waals surface area contributed by atoms with Crippen molar-refractivity contribution in [1.82, 2.24) is 5.48 Å². The average molecular weight is 385 g/mol. The van der Waals surface area contributed by atoms with Gasteiger partial charge in [-0.15, -0.1) is 0 Å². The van der Waals surface area contributed by atoms with Gasteiger partial charge in [0.25, 0.3) is 0 Å².